The molecule has 0 heterocycles. The summed E-state index contributed by atoms with van der Waals surface area (Å²) in [6.45, 7) is 11.8. The van der Waals surface area contributed by atoms with Crippen molar-refractivity contribution in [3.8, 4) is 0 Å². The first-order valence-corrected chi connectivity index (χ1v) is 13.2. The van der Waals surface area contributed by atoms with Crippen LogP contribution in [0.3, 0.4) is 0 Å². The van der Waals surface area contributed by atoms with Crippen molar-refractivity contribution in [2.24, 2.45) is 29.1 Å². The third-order valence-corrected chi connectivity index (χ3v) is 8.62. The Morgan fingerprint density at radius 3 is 2.03 bits per heavy atom. The van der Waals surface area contributed by atoms with Gasteiger partial charge in [0, 0.05) is 18.5 Å². The van der Waals surface area contributed by atoms with Gasteiger partial charge in [-0.25, -0.2) is 0 Å². The number of carbonyl (C=O) groups excluding carboxylic acids is 2. The van der Waals surface area contributed by atoms with Crippen LogP contribution < -0.4 is 10.6 Å². The minimum Gasteiger partial charge on any atom is -0.350 e. The van der Waals surface area contributed by atoms with E-state index in [0.29, 0.717) is 6.54 Å². The first-order valence-electron chi connectivity index (χ1n) is 13.2. The fourth-order valence-corrected chi connectivity index (χ4v) is 7.08. The molecule has 5 nitrogen and oxygen atoms in total. The molecule has 1 aromatic carbocycles. The van der Waals surface area contributed by atoms with Crippen molar-refractivity contribution in [3.63, 3.8) is 0 Å². The predicted octanol–water partition coefficient (Wildman–Crippen LogP) is 4.50. The lowest BCUT2D eigenvalue weighted by molar-refractivity contribution is -0.149. The van der Waals surface area contributed by atoms with Crippen molar-refractivity contribution in [3.05, 3.63) is 35.4 Å². The van der Waals surface area contributed by atoms with Crippen LogP contribution in [0.2, 0.25) is 0 Å². The highest BCUT2D eigenvalue weighted by molar-refractivity contribution is 5.90. The number of amides is 2. The highest BCUT2D eigenvalue weighted by Crippen LogP contribution is 2.60. The van der Waals surface area contributed by atoms with Crippen molar-refractivity contribution >= 4 is 11.8 Å². The van der Waals surface area contributed by atoms with Gasteiger partial charge in [-0.2, -0.15) is 0 Å². The Morgan fingerprint density at radius 2 is 1.52 bits per heavy atom. The highest BCUT2D eigenvalue weighted by Gasteiger charge is 2.55. The van der Waals surface area contributed by atoms with Crippen molar-refractivity contribution < 1.29 is 9.59 Å². The van der Waals surface area contributed by atoms with Gasteiger partial charge in [0.2, 0.25) is 11.8 Å². The average Bonchev–Trinajstić information content (AvgIpc) is 2.78. The molecule has 2 N–H and O–H groups in total. The van der Waals surface area contributed by atoms with E-state index in [4.69, 9.17) is 0 Å². The van der Waals surface area contributed by atoms with Crippen LogP contribution in [0.25, 0.3) is 0 Å². The van der Waals surface area contributed by atoms with Gasteiger partial charge in [-0.15, -0.1) is 0 Å². The highest BCUT2D eigenvalue weighted by atomic mass is 16.2. The molecule has 5 heteroatoms. The van der Waals surface area contributed by atoms with Gasteiger partial charge < -0.3 is 10.6 Å². The Balaban J connectivity index is 1.39. The minimum absolute atomic E-state index is 0.0498. The maximum atomic E-state index is 13.5. The van der Waals surface area contributed by atoms with E-state index >= 15 is 0 Å². The third kappa shape index (κ3) is 5.29. The summed E-state index contributed by atoms with van der Waals surface area (Å²) in [6.07, 6.45) is 7.01. The summed E-state index contributed by atoms with van der Waals surface area (Å²) < 4.78 is 0. The van der Waals surface area contributed by atoms with Crippen LogP contribution in [-0.4, -0.2) is 35.8 Å². The number of rotatable bonds is 10. The van der Waals surface area contributed by atoms with E-state index in [0.717, 1.165) is 62.2 Å². The Kier molecular flexibility index (Phi) is 7.47. The second-order valence-corrected chi connectivity index (χ2v) is 11.3. The largest absolute Gasteiger partial charge is 0.350 e. The van der Waals surface area contributed by atoms with Gasteiger partial charge in [-0.05, 0) is 86.4 Å². The zero-order valence-electron chi connectivity index (χ0n) is 21.0. The molecule has 5 rings (SSSR count). The van der Waals surface area contributed by atoms with Crippen molar-refractivity contribution in [1.29, 1.82) is 0 Å². The molecule has 1 atom stereocenters. The van der Waals surface area contributed by atoms with E-state index < -0.39 is 6.04 Å². The Hall–Kier alpha value is -1.88. The lowest BCUT2D eigenvalue weighted by atomic mass is 9.49. The van der Waals surface area contributed by atoms with Gasteiger partial charge in [0.25, 0.3) is 0 Å². The molecule has 0 saturated heterocycles. The first-order chi connectivity index (χ1) is 15.8. The van der Waals surface area contributed by atoms with Crippen LogP contribution in [0, 0.1) is 29.1 Å². The third-order valence-electron chi connectivity index (χ3n) is 8.62. The number of hydrogen-bond donors (Lipinski definition) is 2. The number of carbonyl (C=O) groups is 2. The molecule has 4 aliphatic rings. The summed E-state index contributed by atoms with van der Waals surface area (Å²) in [6, 6.07) is 7.85. The Labute approximate surface area is 200 Å². The second kappa shape index (κ2) is 10.2. The molecule has 4 bridgehead atoms. The predicted molar refractivity (Wildman–Crippen MR) is 132 cm³/mol. The molecule has 0 aromatic heterocycles. The smallest absolute Gasteiger partial charge is 0.243 e. The number of nitrogens with one attached hydrogen (secondary N) is 2. The summed E-state index contributed by atoms with van der Waals surface area (Å²) in [5.74, 6) is 2.27. The maximum absolute atomic E-state index is 13.5. The van der Waals surface area contributed by atoms with Gasteiger partial charge in [-0.3, -0.25) is 14.5 Å². The molecule has 0 aliphatic heterocycles. The molecule has 182 valence electrons. The molecule has 4 fully saturated rings. The van der Waals surface area contributed by atoms with Crippen LogP contribution in [0.4, 0.5) is 0 Å². The van der Waals surface area contributed by atoms with Crippen molar-refractivity contribution in [1.82, 2.24) is 15.5 Å². The average molecular weight is 454 g/mol. The fraction of sp³-hybridized carbons (Fsp3) is 0.714. The van der Waals surface area contributed by atoms with Crippen LogP contribution in [0.5, 0.6) is 0 Å². The molecule has 4 saturated carbocycles. The summed E-state index contributed by atoms with van der Waals surface area (Å²) in [5, 5.41) is 6.35. The maximum Gasteiger partial charge on any atom is 0.243 e. The topological polar surface area (TPSA) is 61.4 Å². The van der Waals surface area contributed by atoms with Crippen LogP contribution in [0.15, 0.2) is 24.3 Å². The van der Waals surface area contributed by atoms with Crippen LogP contribution >= 0.6 is 0 Å². The van der Waals surface area contributed by atoms with E-state index in [1.807, 2.05) is 19.9 Å². The Bertz CT molecular complexity index is 810. The fourth-order valence-electron chi connectivity index (χ4n) is 7.08. The zero-order valence-corrected chi connectivity index (χ0v) is 21.0. The van der Waals surface area contributed by atoms with Gasteiger partial charge in [0.15, 0.2) is 0 Å². The molecule has 0 spiro atoms. The van der Waals surface area contributed by atoms with E-state index in [1.165, 1.54) is 24.8 Å². The van der Waals surface area contributed by atoms with Crippen molar-refractivity contribution in [2.45, 2.75) is 85.4 Å². The number of hydrogen-bond acceptors (Lipinski definition) is 3. The summed E-state index contributed by atoms with van der Waals surface area (Å²) in [5.41, 5.74) is 2.17. The molecular weight excluding hydrogens is 410 g/mol. The molecule has 0 unspecified atom stereocenters. The molecule has 33 heavy (non-hydrogen) atoms. The monoisotopic (exact) mass is 453 g/mol. The zero-order chi connectivity index (χ0) is 23.6. The normalized spacial score (nSPS) is 28.8. The lowest BCUT2D eigenvalue weighted by Crippen LogP contribution is -2.58. The van der Waals surface area contributed by atoms with E-state index in [2.05, 4.69) is 47.6 Å². The molecule has 4 aliphatic carbocycles. The molecule has 1 aromatic rings. The summed E-state index contributed by atoms with van der Waals surface area (Å²) in [7, 11) is 0. The van der Waals surface area contributed by atoms with E-state index in [1.54, 1.807) is 0 Å². The first kappa shape index (κ1) is 24.3. The van der Waals surface area contributed by atoms with Gasteiger partial charge in [-0.1, -0.05) is 52.0 Å². The number of nitrogens with zero attached hydrogens (tertiary/aromatic N) is 1. The SMILES string of the molecule is CCN(CC)Cc1ccccc1CNC(=O)[C@@H](NC(=O)C12CC3CC(CC(C3)C1)C2)C(C)C. The number of benzene rings is 1. The minimum atomic E-state index is -0.486. The van der Waals surface area contributed by atoms with Crippen molar-refractivity contribution in [2.75, 3.05) is 13.1 Å². The van der Waals surface area contributed by atoms with Crippen LogP contribution in [0.1, 0.15) is 77.3 Å². The second-order valence-electron chi connectivity index (χ2n) is 11.3. The van der Waals surface area contributed by atoms with Crippen LogP contribution in [-0.2, 0) is 22.7 Å². The van der Waals surface area contributed by atoms with E-state index in [-0.39, 0.29) is 23.1 Å². The quantitative estimate of drug-likeness (QED) is 0.548. The summed E-state index contributed by atoms with van der Waals surface area (Å²) >= 11 is 0. The lowest BCUT2D eigenvalue weighted by Gasteiger charge is -2.55. The van der Waals surface area contributed by atoms with Gasteiger partial charge >= 0.3 is 0 Å². The van der Waals surface area contributed by atoms with Gasteiger partial charge in [0.1, 0.15) is 6.04 Å². The molecule has 0 radical (unpaired) electrons. The van der Waals surface area contributed by atoms with E-state index in [9.17, 15) is 9.59 Å². The standard InChI is InChI=1S/C28H43N3O2/c1-5-31(6-2)18-24-10-8-7-9-23(24)17-29-26(32)25(19(3)4)30-27(33)28-14-20-11-21(15-28)13-22(12-20)16-28/h7-10,19-22,25H,5-6,11-18H2,1-4H3,(H,29,32)(H,30,33)/t20?,21?,22?,25-,28?/m0/s1. The van der Waals surface area contributed by atoms with Gasteiger partial charge in [0.05, 0.1) is 0 Å². The molecule has 2 amide bonds. The molecular formula is C28H43N3O2. The summed E-state index contributed by atoms with van der Waals surface area (Å²) in [4.78, 5) is 29.1. The Morgan fingerprint density at radius 1 is 0.970 bits per heavy atom.